The van der Waals surface area contributed by atoms with Crippen molar-refractivity contribution < 1.29 is 9.47 Å². The van der Waals surface area contributed by atoms with Gasteiger partial charge < -0.3 is 15.2 Å². The number of nitrogens with two attached hydrogens (primary N) is 1. The fraction of sp³-hybridized carbons (Fsp3) is 0.167. The average Bonchev–Trinajstić information content (AvgIpc) is 2.40. The molecule has 0 saturated heterocycles. The molecular formula is C12H13N3O2. The number of methoxy groups -OCH3 is 1. The van der Waals surface area contributed by atoms with E-state index in [1.54, 1.807) is 25.4 Å². The summed E-state index contributed by atoms with van der Waals surface area (Å²) >= 11 is 0. The van der Waals surface area contributed by atoms with Crippen molar-refractivity contribution in [2.75, 3.05) is 7.11 Å². The first kappa shape index (κ1) is 11.3. The summed E-state index contributed by atoms with van der Waals surface area (Å²) in [5.74, 6) is 1.63. The zero-order chi connectivity index (χ0) is 12.1. The fourth-order valence-corrected chi connectivity index (χ4v) is 1.39. The van der Waals surface area contributed by atoms with Crippen molar-refractivity contribution in [1.82, 2.24) is 10.2 Å². The molecule has 2 aromatic rings. The smallest absolute Gasteiger partial charge is 0.243 e. The van der Waals surface area contributed by atoms with Crippen LogP contribution in [0.2, 0.25) is 0 Å². The van der Waals surface area contributed by atoms with Gasteiger partial charge >= 0.3 is 0 Å². The minimum atomic E-state index is 0.347. The zero-order valence-corrected chi connectivity index (χ0v) is 9.46. The van der Waals surface area contributed by atoms with Crippen molar-refractivity contribution in [1.29, 1.82) is 0 Å². The Morgan fingerprint density at radius 2 is 1.94 bits per heavy atom. The summed E-state index contributed by atoms with van der Waals surface area (Å²) in [5.41, 5.74) is 6.39. The van der Waals surface area contributed by atoms with Gasteiger partial charge in [0.1, 0.15) is 0 Å². The minimum absolute atomic E-state index is 0.347. The van der Waals surface area contributed by atoms with Crippen LogP contribution in [0.5, 0.6) is 17.4 Å². The Morgan fingerprint density at radius 1 is 1.18 bits per heavy atom. The van der Waals surface area contributed by atoms with E-state index in [1.165, 1.54) is 0 Å². The molecule has 0 amide bonds. The summed E-state index contributed by atoms with van der Waals surface area (Å²) in [7, 11) is 1.59. The van der Waals surface area contributed by atoms with Crippen molar-refractivity contribution >= 4 is 0 Å². The molecule has 0 aliphatic carbocycles. The lowest BCUT2D eigenvalue weighted by molar-refractivity contribution is 0.370. The van der Waals surface area contributed by atoms with Gasteiger partial charge in [-0.25, -0.2) is 0 Å². The van der Waals surface area contributed by atoms with Crippen molar-refractivity contribution in [3.05, 3.63) is 42.1 Å². The Kier molecular flexibility index (Phi) is 3.52. The predicted octanol–water partition coefficient (Wildman–Crippen LogP) is 1.74. The number of ether oxygens (including phenoxy) is 2. The summed E-state index contributed by atoms with van der Waals surface area (Å²) in [6, 6.07) is 9.11. The lowest BCUT2D eigenvalue weighted by Crippen LogP contribution is -2.02. The Labute approximate surface area is 99.2 Å². The fourth-order valence-electron chi connectivity index (χ4n) is 1.39. The van der Waals surface area contributed by atoms with Crippen LogP contribution in [-0.4, -0.2) is 17.3 Å². The molecule has 0 atom stereocenters. The second-order valence-electron chi connectivity index (χ2n) is 3.32. The van der Waals surface area contributed by atoms with Crippen LogP contribution in [-0.2, 0) is 6.54 Å². The minimum Gasteiger partial charge on any atom is -0.493 e. The molecule has 0 radical (unpaired) electrons. The van der Waals surface area contributed by atoms with E-state index in [0.717, 1.165) is 5.56 Å². The summed E-state index contributed by atoms with van der Waals surface area (Å²) in [4.78, 5) is 0. The summed E-state index contributed by atoms with van der Waals surface area (Å²) < 4.78 is 10.8. The lowest BCUT2D eigenvalue weighted by Gasteiger charge is -2.10. The van der Waals surface area contributed by atoms with Crippen molar-refractivity contribution in [2.45, 2.75) is 6.54 Å². The first-order valence-corrected chi connectivity index (χ1v) is 5.16. The lowest BCUT2D eigenvalue weighted by atomic mass is 10.3. The molecule has 2 N–H and O–H groups in total. The molecule has 0 aliphatic rings. The standard InChI is InChI=1S/C12H13N3O2/c1-16-10-4-2-3-5-11(10)17-12-9(8-13)6-7-14-15-12/h2-7H,8,13H2,1H3. The molecule has 1 aromatic carbocycles. The van der Waals surface area contributed by atoms with Gasteiger partial charge in [0.15, 0.2) is 11.5 Å². The highest BCUT2D eigenvalue weighted by atomic mass is 16.5. The third-order valence-electron chi connectivity index (χ3n) is 2.26. The Bertz CT molecular complexity index is 457. The van der Waals surface area contributed by atoms with E-state index in [9.17, 15) is 0 Å². The van der Waals surface area contributed by atoms with Gasteiger partial charge in [-0.2, -0.15) is 5.10 Å². The summed E-state index contributed by atoms with van der Waals surface area (Å²) in [6.07, 6.45) is 1.58. The van der Waals surface area contributed by atoms with Crippen molar-refractivity contribution in [2.24, 2.45) is 5.73 Å². The van der Waals surface area contributed by atoms with Gasteiger partial charge in [-0.3, -0.25) is 0 Å². The molecule has 0 unspecified atom stereocenters. The van der Waals surface area contributed by atoms with E-state index in [1.807, 2.05) is 18.2 Å². The van der Waals surface area contributed by atoms with Crippen LogP contribution in [0.15, 0.2) is 36.5 Å². The van der Waals surface area contributed by atoms with Crippen LogP contribution < -0.4 is 15.2 Å². The molecule has 0 spiro atoms. The number of nitrogens with zero attached hydrogens (tertiary/aromatic N) is 2. The molecule has 88 valence electrons. The van der Waals surface area contributed by atoms with Gasteiger partial charge in [0, 0.05) is 12.1 Å². The molecule has 0 fully saturated rings. The van der Waals surface area contributed by atoms with E-state index >= 15 is 0 Å². The molecule has 2 rings (SSSR count). The third-order valence-corrected chi connectivity index (χ3v) is 2.26. The van der Waals surface area contributed by atoms with E-state index < -0.39 is 0 Å². The largest absolute Gasteiger partial charge is 0.493 e. The van der Waals surface area contributed by atoms with Gasteiger partial charge in [-0.15, -0.1) is 5.10 Å². The second-order valence-corrected chi connectivity index (χ2v) is 3.32. The van der Waals surface area contributed by atoms with E-state index in [0.29, 0.717) is 23.9 Å². The quantitative estimate of drug-likeness (QED) is 0.867. The first-order chi connectivity index (χ1) is 8.35. The highest BCUT2D eigenvalue weighted by Gasteiger charge is 2.08. The Morgan fingerprint density at radius 3 is 2.65 bits per heavy atom. The normalized spacial score (nSPS) is 10.0. The van der Waals surface area contributed by atoms with E-state index in [-0.39, 0.29) is 0 Å². The van der Waals surface area contributed by atoms with Crippen molar-refractivity contribution in [3.8, 4) is 17.4 Å². The molecule has 0 saturated carbocycles. The molecule has 5 heteroatoms. The Balaban J connectivity index is 2.31. The van der Waals surface area contributed by atoms with E-state index in [2.05, 4.69) is 10.2 Å². The number of hydrogen-bond acceptors (Lipinski definition) is 5. The number of aromatic nitrogens is 2. The van der Waals surface area contributed by atoms with Crippen LogP contribution in [0.25, 0.3) is 0 Å². The molecule has 17 heavy (non-hydrogen) atoms. The molecule has 0 aliphatic heterocycles. The maximum Gasteiger partial charge on any atom is 0.243 e. The molecular weight excluding hydrogens is 218 g/mol. The van der Waals surface area contributed by atoms with Crippen LogP contribution in [0.1, 0.15) is 5.56 Å². The second kappa shape index (κ2) is 5.27. The van der Waals surface area contributed by atoms with Crippen molar-refractivity contribution in [3.63, 3.8) is 0 Å². The number of para-hydroxylation sites is 2. The van der Waals surface area contributed by atoms with Crippen LogP contribution in [0.4, 0.5) is 0 Å². The monoisotopic (exact) mass is 231 g/mol. The maximum atomic E-state index is 5.64. The van der Waals surface area contributed by atoms with Crippen LogP contribution in [0, 0.1) is 0 Å². The predicted molar refractivity (Wildman–Crippen MR) is 63.0 cm³/mol. The number of rotatable bonds is 4. The molecule has 1 aromatic heterocycles. The SMILES string of the molecule is COc1ccccc1Oc1nnccc1CN. The zero-order valence-electron chi connectivity index (χ0n) is 9.46. The van der Waals surface area contributed by atoms with Crippen LogP contribution >= 0.6 is 0 Å². The summed E-state index contributed by atoms with van der Waals surface area (Å²) in [5, 5.41) is 7.69. The van der Waals surface area contributed by atoms with E-state index in [4.69, 9.17) is 15.2 Å². The molecule has 5 nitrogen and oxygen atoms in total. The third kappa shape index (κ3) is 2.51. The maximum absolute atomic E-state index is 5.64. The van der Waals surface area contributed by atoms with Gasteiger partial charge in [0.05, 0.1) is 13.3 Å². The average molecular weight is 231 g/mol. The molecule has 1 heterocycles. The van der Waals surface area contributed by atoms with Gasteiger partial charge in [-0.05, 0) is 18.2 Å². The van der Waals surface area contributed by atoms with Crippen LogP contribution in [0.3, 0.4) is 0 Å². The topological polar surface area (TPSA) is 70.3 Å². The Hall–Kier alpha value is -2.14. The summed E-state index contributed by atoms with van der Waals surface area (Å²) in [6.45, 7) is 0.347. The number of hydrogen-bond donors (Lipinski definition) is 1. The van der Waals surface area contributed by atoms with Gasteiger partial charge in [-0.1, -0.05) is 12.1 Å². The molecule has 0 bridgehead atoms. The number of benzene rings is 1. The highest BCUT2D eigenvalue weighted by Crippen LogP contribution is 2.30. The first-order valence-electron chi connectivity index (χ1n) is 5.16. The van der Waals surface area contributed by atoms with Gasteiger partial charge in [0.2, 0.25) is 5.88 Å². The van der Waals surface area contributed by atoms with Gasteiger partial charge in [0.25, 0.3) is 0 Å². The highest BCUT2D eigenvalue weighted by molar-refractivity contribution is 5.42.